The van der Waals surface area contributed by atoms with Crippen molar-refractivity contribution >= 4 is 11.3 Å². The van der Waals surface area contributed by atoms with Crippen LogP contribution >= 0.6 is 11.3 Å². The van der Waals surface area contributed by atoms with E-state index in [1.807, 2.05) is 11.6 Å². The van der Waals surface area contributed by atoms with Crippen molar-refractivity contribution in [3.05, 3.63) is 16.6 Å². The second kappa shape index (κ2) is 6.99. The van der Waals surface area contributed by atoms with E-state index in [0.29, 0.717) is 17.8 Å². The molecule has 3 N–H and O–H groups in total. The Bertz CT molecular complexity index is 272. The maximum absolute atomic E-state index is 5.73. The van der Waals surface area contributed by atoms with Crippen molar-refractivity contribution in [3.63, 3.8) is 0 Å². The van der Waals surface area contributed by atoms with Gasteiger partial charge in [0.15, 0.2) is 0 Å². The minimum absolute atomic E-state index is 0.491. The molecule has 0 fully saturated rings. The topological polar surface area (TPSA) is 50.9 Å². The largest absolute Gasteiger partial charge is 0.330 e. The van der Waals surface area contributed by atoms with Crippen LogP contribution in [-0.2, 0) is 0 Å². The van der Waals surface area contributed by atoms with Gasteiger partial charge in [-0.25, -0.2) is 4.98 Å². The number of rotatable bonds is 7. The Labute approximate surface area is 102 Å². The van der Waals surface area contributed by atoms with Crippen molar-refractivity contribution in [2.45, 2.75) is 26.7 Å². The van der Waals surface area contributed by atoms with Crippen LogP contribution in [0.25, 0.3) is 0 Å². The molecular formula is C12H23N3S. The van der Waals surface area contributed by atoms with Crippen LogP contribution in [0.1, 0.15) is 31.7 Å². The fourth-order valence-corrected chi connectivity index (χ4v) is 2.34. The molecule has 1 aromatic heterocycles. The smallest absolute Gasteiger partial charge is 0.0965 e. The summed E-state index contributed by atoms with van der Waals surface area (Å²) in [5.74, 6) is 1.71. The minimum atomic E-state index is 0.491. The Hall–Kier alpha value is -0.450. The third-order valence-corrected chi connectivity index (χ3v) is 3.98. The van der Waals surface area contributed by atoms with Crippen LogP contribution in [0.4, 0.5) is 0 Å². The summed E-state index contributed by atoms with van der Waals surface area (Å²) < 4.78 is 0. The summed E-state index contributed by atoms with van der Waals surface area (Å²) in [7, 11) is 0. The van der Waals surface area contributed by atoms with Gasteiger partial charge in [-0.3, -0.25) is 0 Å². The van der Waals surface area contributed by atoms with Crippen molar-refractivity contribution in [2.75, 3.05) is 19.6 Å². The fraction of sp³-hybridized carbons (Fsp3) is 0.750. The van der Waals surface area contributed by atoms with Crippen molar-refractivity contribution in [1.29, 1.82) is 0 Å². The van der Waals surface area contributed by atoms with Crippen molar-refractivity contribution in [3.8, 4) is 0 Å². The minimum Gasteiger partial charge on any atom is -0.330 e. The number of nitrogens with two attached hydrogens (primary N) is 1. The van der Waals surface area contributed by atoms with Crippen LogP contribution in [0.15, 0.2) is 11.6 Å². The normalized spacial score (nSPS) is 15.3. The monoisotopic (exact) mass is 241 g/mol. The van der Waals surface area contributed by atoms with Gasteiger partial charge in [0.25, 0.3) is 0 Å². The van der Waals surface area contributed by atoms with E-state index in [9.17, 15) is 0 Å². The number of nitrogens with one attached hydrogen (secondary N) is 1. The van der Waals surface area contributed by atoms with Crippen LogP contribution in [0.5, 0.6) is 0 Å². The fourth-order valence-electron chi connectivity index (χ4n) is 1.64. The van der Waals surface area contributed by atoms with Crippen molar-refractivity contribution in [2.24, 2.45) is 17.6 Å². The zero-order valence-corrected chi connectivity index (χ0v) is 11.3. The molecule has 0 aliphatic carbocycles. The highest BCUT2D eigenvalue weighted by molar-refractivity contribution is 7.09. The number of thiazole rings is 1. The molecule has 0 spiro atoms. The van der Waals surface area contributed by atoms with Gasteiger partial charge in [-0.05, 0) is 24.9 Å². The summed E-state index contributed by atoms with van der Waals surface area (Å²) in [6.45, 7) is 9.41. The average molecular weight is 241 g/mol. The Morgan fingerprint density at radius 2 is 2.12 bits per heavy atom. The first-order chi connectivity index (χ1) is 7.65. The van der Waals surface area contributed by atoms with Crippen LogP contribution in [0.3, 0.4) is 0 Å². The van der Waals surface area contributed by atoms with Gasteiger partial charge in [-0.15, -0.1) is 11.3 Å². The molecule has 0 bridgehead atoms. The second-order valence-corrected chi connectivity index (χ2v) is 5.60. The molecular weight excluding hydrogens is 218 g/mol. The van der Waals surface area contributed by atoms with Gasteiger partial charge in [-0.1, -0.05) is 20.8 Å². The van der Waals surface area contributed by atoms with Gasteiger partial charge >= 0.3 is 0 Å². The molecule has 0 radical (unpaired) electrons. The molecule has 0 aromatic carbocycles. The van der Waals surface area contributed by atoms with Crippen LogP contribution < -0.4 is 11.1 Å². The highest BCUT2D eigenvalue weighted by atomic mass is 32.1. The zero-order chi connectivity index (χ0) is 12.0. The molecule has 0 saturated carbocycles. The van der Waals surface area contributed by atoms with Crippen LogP contribution in [0, 0.1) is 11.8 Å². The zero-order valence-electron chi connectivity index (χ0n) is 10.4. The highest BCUT2D eigenvalue weighted by Crippen LogP contribution is 2.16. The average Bonchev–Trinajstić information content (AvgIpc) is 2.76. The molecule has 2 atom stereocenters. The van der Waals surface area contributed by atoms with Crippen LogP contribution in [-0.4, -0.2) is 24.6 Å². The molecule has 3 nitrogen and oxygen atoms in total. The lowest BCUT2D eigenvalue weighted by Crippen LogP contribution is -2.33. The number of hydrogen-bond donors (Lipinski definition) is 2. The van der Waals surface area contributed by atoms with Gasteiger partial charge < -0.3 is 11.1 Å². The van der Waals surface area contributed by atoms with E-state index < -0.39 is 0 Å². The lowest BCUT2D eigenvalue weighted by molar-refractivity contribution is 0.368. The Morgan fingerprint density at radius 3 is 2.62 bits per heavy atom. The van der Waals surface area contributed by atoms with E-state index in [1.54, 1.807) is 11.3 Å². The van der Waals surface area contributed by atoms with Gasteiger partial charge in [-0.2, -0.15) is 0 Å². The Balaban J connectivity index is 2.25. The van der Waals surface area contributed by atoms with E-state index in [2.05, 4.69) is 31.1 Å². The summed E-state index contributed by atoms with van der Waals surface area (Å²) in [6.07, 6.45) is 1.87. The first-order valence-corrected chi connectivity index (χ1v) is 6.83. The summed E-state index contributed by atoms with van der Waals surface area (Å²) in [4.78, 5) is 4.32. The number of aromatic nitrogens is 1. The third kappa shape index (κ3) is 4.20. The Morgan fingerprint density at radius 1 is 1.38 bits per heavy atom. The molecule has 4 heteroatoms. The maximum Gasteiger partial charge on any atom is 0.0965 e. The van der Waals surface area contributed by atoms with Crippen molar-refractivity contribution < 1.29 is 0 Å². The molecule has 1 aromatic rings. The molecule has 1 rings (SSSR count). The summed E-state index contributed by atoms with van der Waals surface area (Å²) in [6, 6.07) is 0. The predicted molar refractivity (Wildman–Crippen MR) is 70.8 cm³/mol. The third-order valence-electron chi connectivity index (χ3n) is 2.98. The summed E-state index contributed by atoms with van der Waals surface area (Å²) in [5, 5.41) is 6.73. The summed E-state index contributed by atoms with van der Waals surface area (Å²) in [5.41, 5.74) is 5.73. The second-order valence-electron chi connectivity index (χ2n) is 4.67. The molecule has 0 amide bonds. The van der Waals surface area contributed by atoms with E-state index in [4.69, 9.17) is 5.73 Å². The molecule has 0 aliphatic heterocycles. The van der Waals surface area contributed by atoms with E-state index in [0.717, 1.165) is 19.6 Å². The SMILES string of the molecule is CC(CNCC(CN)C(C)C)c1nccs1. The van der Waals surface area contributed by atoms with Crippen LogP contribution in [0.2, 0.25) is 0 Å². The molecule has 92 valence electrons. The molecule has 0 aliphatic rings. The lowest BCUT2D eigenvalue weighted by atomic mass is 9.96. The quantitative estimate of drug-likeness (QED) is 0.768. The first kappa shape index (κ1) is 13.6. The van der Waals surface area contributed by atoms with Crippen molar-refractivity contribution in [1.82, 2.24) is 10.3 Å². The highest BCUT2D eigenvalue weighted by Gasteiger charge is 2.12. The number of nitrogens with zero attached hydrogens (tertiary/aromatic N) is 1. The summed E-state index contributed by atoms with van der Waals surface area (Å²) >= 11 is 1.73. The maximum atomic E-state index is 5.73. The first-order valence-electron chi connectivity index (χ1n) is 5.95. The van der Waals surface area contributed by atoms with E-state index in [1.165, 1.54) is 5.01 Å². The molecule has 2 unspecified atom stereocenters. The lowest BCUT2D eigenvalue weighted by Gasteiger charge is -2.20. The molecule has 1 heterocycles. The van der Waals surface area contributed by atoms with Gasteiger partial charge in [0.1, 0.15) is 0 Å². The molecule has 16 heavy (non-hydrogen) atoms. The van der Waals surface area contributed by atoms with Gasteiger partial charge in [0, 0.05) is 24.0 Å². The standard InChI is InChI=1S/C12H23N3S/c1-9(2)11(6-13)8-14-7-10(3)12-15-4-5-16-12/h4-5,9-11,14H,6-8,13H2,1-3H3. The van der Waals surface area contributed by atoms with E-state index in [-0.39, 0.29) is 0 Å². The number of hydrogen-bond acceptors (Lipinski definition) is 4. The molecule has 0 saturated heterocycles. The van der Waals surface area contributed by atoms with Gasteiger partial charge in [0.2, 0.25) is 0 Å². The van der Waals surface area contributed by atoms with E-state index >= 15 is 0 Å². The Kier molecular flexibility index (Phi) is 5.95. The van der Waals surface area contributed by atoms with Gasteiger partial charge in [0.05, 0.1) is 5.01 Å². The predicted octanol–water partition coefficient (Wildman–Crippen LogP) is 2.07.